The van der Waals surface area contributed by atoms with Gasteiger partial charge in [0.15, 0.2) is 0 Å². The number of rotatable bonds is 6. The van der Waals surface area contributed by atoms with Gasteiger partial charge in [0, 0.05) is 0 Å². The zero-order chi connectivity index (χ0) is 13.7. The van der Waals surface area contributed by atoms with Crippen LogP contribution in [0.3, 0.4) is 0 Å². The van der Waals surface area contributed by atoms with Crippen LogP contribution >= 0.6 is 11.3 Å². The van der Waals surface area contributed by atoms with Crippen molar-refractivity contribution in [2.45, 2.75) is 32.6 Å². The molecule has 0 saturated heterocycles. The standard InChI is InChI=1S/C14H19N3OS/c1-10(2)18-9-12-16-17-14(19-12)13(15-3)11-7-5-4-6-8-11/h4-8,10,13,15H,9H2,1-3H3. The van der Waals surface area contributed by atoms with E-state index in [1.807, 2.05) is 39.1 Å². The lowest BCUT2D eigenvalue weighted by atomic mass is 10.1. The highest BCUT2D eigenvalue weighted by atomic mass is 32.1. The van der Waals surface area contributed by atoms with Gasteiger partial charge in [-0.15, -0.1) is 10.2 Å². The molecule has 1 N–H and O–H groups in total. The highest BCUT2D eigenvalue weighted by molar-refractivity contribution is 7.11. The average Bonchev–Trinajstić information content (AvgIpc) is 2.87. The van der Waals surface area contributed by atoms with Gasteiger partial charge in [-0.2, -0.15) is 0 Å². The van der Waals surface area contributed by atoms with Gasteiger partial charge in [-0.05, 0) is 26.5 Å². The Labute approximate surface area is 117 Å². The van der Waals surface area contributed by atoms with Crippen molar-refractivity contribution < 1.29 is 4.74 Å². The predicted molar refractivity (Wildman–Crippen MR) is 77.2 cm³/mol. The van der Waals surface area contributed by atoms with Crippen molar-refractivity contribution in [3.05, 3.63) is 45.9 Å². The first-order valence-corrected chi connectivity index (χ1v) is 7.18. The molecular formula is C14H19N3OS. The zero-order valence-electron chi connectivity index (χ0n) is 11.5. The van der Waals surface area contributed by atoms with Crippen molar-refractivity contribution >= 4 is 11.3 Å². The Hall–Kier alpha value is -1.30. The van der Waals surface area contributed by atoms with Gasteiger partial charge in [0.05, 0.1) is 12.1 Å². The van der Waals surface area contributed by atoms with Gasteiger partial charge in [0.1, 0.15) is 16.6 Å². The number of hydrogen-bond donors (Lipinski definition) is 1. The van der Waals surface area contributed by atoms with E-state index in [0.29, 0.717) is 6.61 Å². The van der Waals surface area contributed by atoms with Gasteiger partial charge in [-0.3, -0.25) is 0 Å². The van der Waals surface area contributed by atoms with Gasteiger partial charge < -0.3 is 10.1 Å². The summed E-state index contributed by atoms with van der Waals surface area (Å²) in [6, 6.07) is 10.3. The highest BCUT2D eigenvalue weighted by Crippen LogP contribution is 2.24. The molecule has 1 unspecified atom stereocenters. The van der Waals surface area contributed by atoms with E-state index in [2.05, 4.69) is 27.6 Å². The van der Waals surface area contributed by atoms with Crippen LogP contribution in [0.4, 0.5) is 0 Å². The third-order valence-electron chi connectivity index (χ3n) is 2.69. The molecule has 1 aromatic heterocycles. The topological polar surface area (TPSA) is 47.0 Å². The first-order valence-electron chi connectivity index (χ1n) is 6.36. The fraction of sp³-hybridized carbons (Fsp3) is 0.429. The lowest BCUT2D eigenvalue weighted by Crippen LogP contribution is -2.17. The predicted octanol–water partition coefficient (Wildman–Crippen LogP) is 2.77. The number of nitrogens with zero attached hydrogens (tertiary/aromatic N) is 2. The summed E-state index contributed by atoms with van der Waals surface area (Å²) in [7, 11) is 1.93. The molecule has 0 aliphatic heterocycles. The molecule has 0 aliphatic rings. The quantitative estimate of drug-likeness (QED) is 0.882. The van der Waals surface area contributed by atoms with Crippen molar-refractivity contribution in [3.63, 3.8) is 0 Å². The van der Waals surface area contributed by atoms with Crippen LogP contribution < -0.4 is 5.32 Å². The minimum absolute atomic E-state index is 0.0894. The fourth-order valence-electron chi connectivity index (χ4n) is 1.76. The molecule has 19 heavy (non-hydrogen) atoms. The van der Waals surface area contributed by atoms with E-state index in [0.717, 1.165) is 10.0 Å². The van der Waals surface area contributed by atoms with Gasteiger partial charge in [0.2, 0.25) is 0 Å². The van der Waals surface area contributed by atoms with Gasteiger partial charge in [0.25, 0.3) is 0 Å². The second-order valence-electron chi connectivity index (χ2n) is 4.53. The molecule has 102 valence electrons. The van der Waals surface area contributed by atoms with E-state index in [4.69, 9.17) is 4.74 Å². The van der Waals surface area contributed by atoms with E-state index >= 15 is 0 Å². The smallest absolute Gasteiger partial charge is 0.143 e. The summed E-state index contributed by atoms with van der Waals surface area (Å²) in [6.45, 7) is 4.56. The highest BCUT2D eigenvalue weighted by Gasteiger charge is 2.17. The molecule has 0 bridgehead atoms. The maximum atomic E-state index is 5.55. The Morgan fingerprint density at radius 2 is 1.95 bits per heavy atom. The Morgan fingerprint density at radius 1 is 1.21 bits per heavy atom. The van der Waals surface area contributed by atoms with Crippen LogP contribution in [0.2, 0.25) is 0 Å². The van der Waals surface area contributed by atoms with E-state index in [9.17, 15) is 0 Å². The number of nitrogens with one attached hydrogen (secondary N) is 1. The lowest BCUT2D eigenvalue weighted by Gasteiger charge is -2.12. The molecule has 5 heteroatoms. The largest absolute Gasteiger partial charge is 0.372 e. The first kappa shape index (κ1) is 14.1. The minimum atomic E-state index is 0.0894. The van der Waals surface area contributed by atoms with E-state index in [1.54, 1.807) is 11.3 Å². The number of ether oxygens (including phenoxy) is 1. The molecule has 1 aromatic carbocycles. The van der Waals surface area contributed by atoms with E-state index in [1.165, 1.54) is 5.56 Å². The second kappa shape index (κ2) is 6.75. The zero-order valence-corrected chi connectivity index (χ0v) is 12.3. The monoisotopic (exact) mass is 277 g/mol. The van der Waals surface area contributed by atoms with Crippen LogP contribution in [0.15, 0.2) is 30.3 Å². The molecule has 0 aliphatic carbocycles. The maximum absolute atomic E-state index is 5.55. The van der Waals surface area contributed by atoms with Crippen LogP contribution in [0.25, 0.3) is 0 Å². The summed E-state index contributed by atoms with van der Waals surface area (Å²) in [6.07, 6.45) is 0.210. The number of hydrogen-bond acceptors (Lipinski definition) is 5. The van der Waals surface area contributed by atoms with Crippen LogP contribution in [0.5, 0.6) is 0 Å². The summed E-state index contributed by atoms with van der Waals surface area (Å²) in [5.41, 5.74) is 1.19. The van der Waals surface area contributed by atoms with Crippen molar-refractivity contribution in [3.8, 4) is 0 Å². The van der Waals surface area contributed by atoms with Gasteiger partial charge >= 0.3 is 0 Å². The van der Waals surface area contributed by atoms with Crippen molar-refractivity contribution in [1.29, 1.82) is 0 Å². The maximum Gasteiger partial charge on any atom is 0.143 e. The normalized spacial score (nSPS) is 12.8. The van der Waals surface area contributed by atoms with Crippen LogP contribution in [-0.4, -0.2) is 23.3 Å². The van der Waals surface area contributed by atoms with Crippen molar-refractivity contribution in [1.82, 2.24) is 15.5 Å². The summed E-state index contributed by atoms with van der Waals surface area (Å²) in [5, 5.41) is 13.6. The molecule has 4 nitrogen and oxygen atoms in total. The van der Waals surface area contributed by atoms with Gasteiger partial charge in [-0.1, -0.05) is 41.7 Å². The Morgan fingerprint density at radius 3 is 2.58 bits per heavy atom. The molecule has 0 saturated carbocycles. The molecule has 0 amide bonds. The molecule has 2 aromatic rings. The summed E-state index contributed by atoms with van der Waals surface area (Å²) in [4.78, 5) is 0. The van der Waals surface area contributed by atoms with E-state index < -0.39 is 0 Å². The first-order chi connectivity index (χ1) is 9.20. The molecule has 0 fully saturated rings. The summed E-state index contributed by atoms with van der Waals surface area (Å²) >= 11 is 1.59. The molecule has 1 atom stereocenters. The minimum Gasteiger partial charge on any atom is -0.372 e. The number of aromatic nitrogens is 2. The van der Waals surface area contributed by atoms with Gasteiger partial charge in [-0.25, -0.2) is 0 Å². The third-order valence-corrected chi connectivity index (χ3v) is 3.65. The molecule has 2 rings (SSSR count). The molecular weight excluding hydrogens is 258 g/mol. The fourth-order valence-corrected chi connectivity index (χ4v) is 2.66. The Kier molecular flexibility index (Phi) is 5.01. The Bertz CT molecular complexity index is 498. The van der Waals surface area contributed by atoms with E-state index in [-0.39, 0.29) is 12.1 Å². The number of benzene rings is 1. The molecule has 0 radical (unpaired) electrons. The SMILES string of the molecule is CNC(c1ccccc1)c1nnc(COC(C)C)s1. The van der Waals surface area contributed by atoms with Crippen LogP contribution in [0.1, 0.15) is 35.5 Å². The summed E-state index contributed by atoms with van der Waals surface area (Å²) in [5.74, 6) is 0. The second-order valence-corrected chi connectivity index (χ2v) is 5.62. The summed E-state index contributed by atoms with van der Waals surface area (Å²) < 4.78 is 5.55. The van der Waals surface area contributed by atoms with Crippen molar-refractivity contribution in [2.24, 2.45) is 0 Å². The van der Waals surface area contributed by atoms with Crippen LogP contribution in [0, 0.1) is 0 Å². The third kappa shape index (κ3) is 3.83. The average molecular weight is 277 g/mol. The molecule has 1 heterocycles. The Balaban J connectivity index is 2.12. The molecule has 0 spiro atoms. The lowest BCUT2D eigenvalue weighted by molar-refractivity contribution is 0.0652. The van der Waals surface area contributed by atoms with Crippen LogP contribution in [-0.2, 0) is 11.3 Å². The van der Waals surface area contributed by atoms with Crippen molar-refractivity contribution in [2.75, 3.05) is 7.05 Å².